The Balaban J connectivity index is 1.19. The van der Waals surface area contributed by atoms with Crippen molar-refractivity contribution in [3.8, 4) is 5.75 Å². The van der Waals surface area contributed by atoms with Crippen molar-refractivity contribution in [1.29, 1.82) is 0 Å². The Morgan fingerprint density at radius 1 is 1.13 bits per heavy atom. The van der Waals surface area contributed by atoms with Crippen molar-refractivity contribution in [2.24, 2.45) is 5.41 Å². The average Bonchev–Trinajstić information content (AvgIpc) is 3.72. The van der Waals surface area contributed by atoms with Crippen LogP contribution in [0.15, 0.2) is 34.9 Å². The highest BCUT2D eigenvalue weighted by atomic mass is 16.5. The number of amides is 2. The lowest BCUT2D eigenvalue weighted by Gasteiger charge is -2.41. The first-order valence-electron chi connectivity index (χ1n) is 14.0. The predicted molar refractivity (Wildman–Crippen MR) is 143 cm³/mol. The monoisotopic (exact) mass is 516 g/mol. The first kappa shape index (κ1) is 24.9. The summed E-state index contributed by atoms with van der Waals surface area (Å²) < 4.78 is 11.5. The fourth-order valence-electron chi connectivity index (χ4n) is 6.03. The Labute approximate surface area is 223 Å². The van der Waals surface area contributed by atoms with E-state index in [9.17, 15) is 9.59 Å². The summed E-state index contributed by atoms with van der Waals surface area (Å²) in [5, 5.41) is 8.01. The number of fused-ring (bicyclic) bond motifs is 2. The number of para-hydroxylation sites is 1. The van der Waals surface area contributed by atoms with E-state index < -0.39 is 5.41 Å². The Morgan fingerprint density at radius 2 is 1.92 bits per heavy atom. The second-order valence-electron chi connectivity index (χ2n) is 11.4. The number of pyridine rings is 1. The van der Waals surface area contributed by atoms with Gasteiger partial charge in [0.1, 0.15) is 12.4 Å². The minimum atomic E-state index is -0.469. The number of hydrogen-bond acceptors (Lipinski definition) is 6. The molecule has 2 aliphatic heterocycles. The van der Waals surface area contributed by atoms with E-state index in [0.29, 0.717) is 60.8 Å². The molecule has 1 saturated heterocycles. The van der Waals surface area contributed by atoms with Crippen LogP contribution in [0.1, 0.15) is 85.1 Å². The molecule has 2 amide bonds. The second-order valence-corrected chi connectivity index (χ2v) is 11.4. The van der Waals surface area contributed by atoms with Gasteiger partial charge in [-0.25, -0.2) is 4.98 Å². The Morgan fingerprint density at radius 3 is 2.71 bits per heavy atom. The smallest absolute Gasteiger partial charge is 0.259 e. The van der Waals surface area contributed by atoms with E-state index >= 15 is 0 Å². The largest absolute Gasteiger partial charge is 0.491 e. The topological polar surface area (TPSA) is 97.6 Å². The Hall–Kier alpha value is -3.42. The van der Waals surface area contributed by atoms with E-state index in [1.165, 1.54) is 5.56 Å². The molecule has 1 saturated carbocycles. The molecule has 8 heteroatoms. The molecule has 1 aromatic carbocycles. The lowest BCUT2D eigenvalue weighted by Crippen LogP contribution is -2.52. The van der Waals surface area contributed by atoms with Gasteiger partial charge in [0.15, 0.2) is 0 Å². The summed E-state index contributed by atoms with van der Waals surface area (Å²) in [5.41, 5.74) is 3.42. The summed E-state index contributed by atoms with van der Waals surface area (Å²) >= 11 is 0. The van der Waals surface area contributed by atoms with Gasteiger partial charge in [-0.2, -0.15) is 0 Å². The number of ether oxygens (including phenoxy) is 1. The van der Waals surface area contributed by atoms with E-state index in [1.54, 1.807) is 0 Å². The maximum Gasteiger partial charge on any atom is 0.259 e. The van der Waals surface area contributed by atoms with Gasteiger partial charge in [-0.15, -0.1) is 0 Å². The Kier molecular flexibility index (Phi) is 6.58. The molecule has 200 valence electrons. The third-order valence-electron chi connectivity index (χ3n) is 8.54. The highest BCUT2D eigenvalue weighted by Crippen LogP contribution is 2.42. The van der Waals surface area contributed by atoms with Crippen LogP contribution in [0.2, 0.25) is 0 Å². The summed E-state index contributed by atoms with van der Waals surface area (Å²) in [7, 11) is 0. The van der Waals surface area contributed by atoms with Crippen LogP contribution in [0.25, 0.3) is 11.1 Å². The molecule has 2 aromatic heterocycles. The lowest BCUT2D eigenvalue weighted by atomic mass is 9.73. The molecule has 4 heterocycles. The zero-order valence-electron chi connectivity index (χ0n) is 22.3. The third-order valence-corrected chi connectivity index (χ3v) is 8.54. The number of aromatic nitrogens is 2. The number of hydrogen-bond donors (Lipinski definition) is 1. The molecule has 6 rings (SSSR count). The molecule has 1 N–H and O–H groups in total. The normalized spacial score (nSPS) is 22.2. The van der Waals surface area contributed by atoms with Crippen molar-refractivity contribution in [3.05, 3.63) is 52.8 Å². The van der Waals surface area contributed by atoms with Gasteiger partial charge in [0.2, 0.25) is 5.91 Å². The number of carbonyl (C=O) groups is 2. The fraction of sp³-hybridized carbons (Fsp3) is 0.533. The van der Waals surface area contributed by atoms with Crippen LogP contribution in [0, 0.1) is 12.3 Å². The lowest BCUT2D eigenvalue weighted by molar-refractivity contribution is -0.135. The Bertz CT molecular complexity index is 1350. The summed E-state index contributed by atoms with van der Waals surface area (Å²) in [6.07, 6.45) is 7.21. The number of aryl methyl sites for hydroxylation is 2. The molecular weight excluding hydrogens is 480 g/mol. The molecule has 38 heavy (non-hydrogen) atoms. The number of nitrogens with zero attached hydrogens (tertiary/aromatic N) is 3. The fourth-order valence-corrected chi connectivity index (χ4v) is 6.03. The predicted octanol–water partition coefficient (Wildman–Crippen LogP) is 4.94. The van der Waals surface area contributed by atoms with Crippen molar-refractivity contribution >= 4 is 22.9 Å². The van der Waals surface area contributed by atoms with Gasteiger partial charge in [0.05, 0.1) is 28.1 Å². The van der Waals surface area contributed by atoms with Gasteiger partial charge in [-0.3, -0.25) is 9.59 Å². The summed E-state index contributed by atoms with van der Waals surface area (Å²) in [6.45, 7) is 5.37. The van der Waals surface area contributed by atoms with Gasteiger partial charge < -0.3 is 19.5 Å². The maximum absolute atomic E-state index is 13.8. The standard InChI is InChI=1S/C30H36N4O4/c1-19-18-37-25-9-4-3-7-22(25)8-5-6-12-30(29(36)31-19)13-15-34(16-14-30)28(35)23-17-24(21-10-11-21)32-27-26(23)20(2)33-38-27/h3-4,7,9,17,19,21H,5-6,8,10-16,18H2,1-2H3,(H,31,36)/t19-/m1/s1. The van der Waals surface area contributed by atoms with E-state index in [1.807, 2.05) is 36.9 Å². The number of rotatable bonds is 2. The zero-order valence-corrected chi connectivity index (χ0v) is 22.3. The first-order chi connectivity index (χ1) is 18.4. The van der Waals surface area contributed by atoms with Crippen LogP contribution in [0.3, 0.4) is 0 Å². The molecule has 2 fully saturated rings. The van der Waals surface area contributed by atoms with Crippen molar-refractivity contribution in [3.63, 3.8) is 0 Å². The first-order valence-corrected chi connectivity index (χ1v) is 14.0. The van der Waals surface area contributed by atoms with E-state index in [2.05, 4.69) is 27.6 Å². The average molecular weight is 517 g/mol. The van der Waals surface area contributed by atoms with Crippen molar-refractivity contribution in [2.45, 2.75) is 77.2 Å². The van der Waals surface area contributed by atoms with Gasteiger partial charge >= 0.3 is 0 Å². The van der Waals surface area contributed by atoms with Crippen LogP contribution in [-0.2, 0) is 11.2 Å². The van der Waals surface area contributed by atoms with Crippen LogP contribution >= 0.6 is 0 Å². The number of piperidine rings is 1. The van der Waals surface area contributed by atoms with Crippen LogP contribution in [-0.4, -0.2) is 52.6 Å². The minimum absolute atomic E-state index is 0.0209. The molecule has 1 aliphatic carbocycles. The summed E-state index contributed by atoms with van der Waals surface area (Å²) in [4.78, 5) is 34.0. The molecule has 0 bridgehead atoms. The summed E-state index contributed by atoms with van der Waals surface area (Å²) in [6, 6.07) is 10.0. The van der Waals surface area contributed by atoms with Gasteiger partial charge in [-0.1, -0.05) is 29.8 Å². The minimum Gasteiger partial charge on any atom is -0.491 e. The van der Waals surface area contributed by atoms with E-state index in [4.69, 9.17) is 9.26 Å². The molecular formula is C30H36N4O4. The molecule has 0 unspecified atom stereocenters. The molecule has 3 aromatic rings. The summed E-state index contributed by atoms with van der Waals surface area (Å²) in [5.74, 6) is 1.38. The SMILES string of the molecule is Cc1noc2nc(C3CC3)cc(C(=O)N3CCC4(CCCCc5ccccc5OC[C@@H](C)NC4=O)CC3)c12. The molecule has 1 atom stereocenters. The molecule has 0 radical (unpaired) electrons. The molecule has 8 nitrogen and oxygen atoms in total. The van der Waals surface area contributed by atoms with Crippen LogP contribution < -0.4 is 10.1 Å². The quantitative estimate of drug-likeness (QED) is 0.518. The molecule has 3 aliphatic rings. The van der Waals surface area contributed by atoms with E-state index in [-0.39, 0.29) is 17.9 Å². The highest BCUT2D eigenvalue weighted by Gasteiger charge is 2.43. The van der Waals surface area contributed by atoms with Crippen molar-refractivity contribution in [2.75, 3.05) is 19.7 Å². The zero-order chi connectivity index (χ0) is 26.3. The van der Waals surface area contributed by atoms with Gasteiger partial charge in [0, 0.05) is 24.7 Å². The number of nitrogens with one attached hydrogen (secondary N) is 1. The van der Waals surface area contributed by atoms with E-state index in [0.717, 1.165) is 50.0 Å². The van der Waals surface area contributed by atoms with Gasteiger partial charge in [-0.05, 0) is 76.5 Å². The highest BCUT2D eigenvalue weighted by molar-refractivity contribution is 6.06. The van der Waals surface area contributed by atoms with Crippen LogP contribution in [0.5, 0.6) is 5.75 Å². The van der Waals surface area contributed by atoms with Gasteiger partial charge in [0.25, 0.3) is 11.6 Å². The van der Waals surface area contributed by atoms with Crippen molar-refractivity contribution < 1.29 is 18.8 Å². The number of likely N-dealkylation sites (tertiary alicyclic amines) is 1. The number of benzene rings is 1. The third kappa shape index (κ3) is 4.76. The molecule has 1 spiro atoms. The van der Waals surface area contributed by atoms with Crippen LogP contribution in [0.4, 0.5) is 0 Å². The number of carbonyl (C=O) groups excluding carboxylic acids is 2. The maximum atomic E-state index is 13.8. The second kappa shape index (κ2) is 10.0. The van der Waals surface area contributed by atoms with Crippen molar-refractivity contribution in [1.82, 2.24) is 20.4 Å².